The van der Waals surface area contributed by atoms with Crippen LogP contribution in [0.4, 0.5) is 0 Å². The van der Waals surface area contributed by atoms with Crippen LogP contribution in [0.15, 0.2) is 50.9 Å². The van der Waals surface area contributed by atoms with Gasteiger partial charge in [0.05, 0.1) is 14.4 Å². The van der Waals surface area contributed by atoms with Crippen molar-refractivity contribution in [2.24, 2.45) is 0 Å². The molecule has 0 unspecified atom stereocenters. The fraction of sp³-hybridized carbons (Fsp3) is 0. The van der Waals surface area contributed by atoms with E-state index in [0.717, 1.165) is 14.0 Å². The molecule has 0 fully saturated rings. The highest BCUT2D eigenvalue weighted by molar-refractivity contribution is 9.11. The summed E-state index contributed by atoms with van der Waals surface area (Å²) in [6, 6.07) is 12.4. The molecule has 1 nitrogen and oxygen atoms in total. The largest absolute Gasteiger partial charge is 0.254 e. The number of benzene rings is 1. The first-order valence-electron chi connectivity index (χ1n) is 5.04. The van der Waals surface area contributed by atoms with Crippen molar-refractivity contribution in [1.29, 1.82) is 0 Å². The fourth-order valence-corrected chi connectivity index (χ4v) is 3.64. The number of fused-ring (bicyclic) bond motifs is 1. The number of nitrogens with zero attached hydrogens (tertiary/aromatic N) is 1. The Balaban J connectivity index is 2.34. The first-order chi connectivity index (χ1) is 8.25. The molecule has 0 radical (unpaired) electrons. The van der Waals surface area contributed by atoms with E-state index in [4.69, 9.17) is 0 Å². The van der Waals surface area contributed by atoms with Crippen LogP contribution in [0.2, 0.25) is 0 Å². The third-order valence-electron chi connectivity index (χ3n) is 2.55. The molecule has 0 amide bonds. The molecule has 84 valence electrons. The Morgan fingerprint density at radius 1 is 0.941 bits per heavy atom. The second-order valence-corrected chi connectivity index (χ2v) is 6.92. The van der Waals surface area contributed by atoms with E-state index in [1.165, 1.54) is 15.6 Å². The molecule has 0 aliphatic carbocycles. The van der Waals surface area contributed by atoms with Gasteiger partial charge in [0, 0.05) is 16.1 Å². The third kappa shape index (κ3) is 2.05. The van der Waals surface area contributed by atoms with Crippen LogP contribution >= 0.6 is 43.2 Å². The first kappa shape index (κ1) is 11.4. The van der Waals surface area contributed by atoms with Crippen molar-refractivity contribution in [2.45, 2.75) is 0 Å². The standard InChI is InChI=1S/C13H7Br2NS/c14-10-7-16-13(11-5-6-12(15)17-11)9-4-2-1-3-8(9)10/h1-7H. The summed E-state index contributed by atoms with van der Waals surface area (Å²) >= 11 is 8.73. The van der Waals surface area contributed by atoms with Crippen LogP contribution in [0.5, 0.6) is 0 Å². The molecule has 1 aromatic carbocycles. The van der Waals surface area contributed by atoms with E-state index < -0.39 is 0 Å². The van der Waals surface area contributed by atoms with Crippen molar-refractivity contribution >= 4 is 54.0 Å². The fourth-order valence-electron chi connectivity index (χ4n) is 1.80. The number of hydrogen-bond acceptors (Lipinski definition) is 2. The zero-order chi connectivity index (χ0) is 11.8. The van der Waals surface area contributed by atoms with Crippen molar-refractivity contribution in [3.8, 4) is 10.6 Å². The summed E-state index contributed by atoms with van der Waals surface area (Å²) in [5.41, 5.74) is 1.04. The van der Waals surface area contributed by atoms with Crippen LogP contribution in [0.1, 0.15) is 0 Å². The lowest BCUT2D eigenvalue weighted by Gasteiger charge is -2.05. The third-order valence-corrected chi connectivity index (χ3v) is 4.82. The normalized spacial score (nSPS) is 10.9. The maximum absolute atomic E-state index is 4.53. The summed E-state index contributed by atoms with van der Waals surface area (Å²) in [6.45, 7) is 0. The lowest BCUT2D eigenvalue weighted by atomic mass is 10.1. The van der Waals surface area contributed by atoms with Crippen molar-refractivity contribution in [2.75, 3.05) is 0 Å². The molecule has 0 saturated carbocycles. The number of pyridine rings is 1. The summed E-state index contributed by atoms with van der Waals surface area (Å²) in [5.74, 6) is 0. The van der Waals surface area contributed by atoms with E-state index in [1.54, 1.807) is 11.3 Å². The maximum Gasteiger partial charge on any atom is 0.0881 e. The number of hydrogen-bond donors (Lipinski definition) is 0. The number of rotatable bonds is 1. The molecule has 4 heteroatoms. The molecule has 0 N–H and O–H groups in total. The lowest BCUT2D eigenvalue weighted by molar-refractivity contribution is 1.36. The van der Waals surface area contributed by atoms with Gasteiger partial charge in [0.25, 0.3) is 0 Å². The van der Waals surface area contributed by atoms with Gasteiger partial charge in [0.1, 0.15) is 0 Å². The molecule has 0 atom stereocenters. The van der Waals surface area contributed by atoms with Crippen LogP contribution in [0.3, 0.4) is 0 Å². The number of aromatic nitrogens is 1. The molecular formula is C13H7Br2NS. The minimum atomic E-state index is 1.03. The van der Waals surface area contributed by atoms with E-state index in [-0.39, 0.29) is 0 Å². The molecule has 2 heterocycles. The summed E-state index contributed by atoms with van der Waals surface area (Å²) in [6.07, 6.45) is 1.87. The molecule has 0 bridgehead atoms. The summed E-state index contributed by atoms with van der Waals surface area (Å²) in [5, 5.41) is 2.37. The zero-order valence-electron chi connectivity index (χ0n) is 8.65. The Bertz CT molecular complexity index is 691. The van der Waals surface area contributed by atoms with E-state index in [9.17, 15) is 0 Å². The Labute approximate surface area is 120 Å². The molecule has 17 heavy (non-hydrogen) atoms. The van der Waals surface area contributed by atoms with Crippen molar-refractivity contribution < 1.29 is 0 Å². The summed E-state index contributed by atoms with van der Waals surface area (Å²) < 4.78 is 2.16. The predicted octanol–water partition coefficient (Wildman–Crippen LogP) is 5.49. The monoisotopic (exact) mass is 367 g/mol. The lowest BCUT2D eigenvalue weighted by Crippen LogP contribution is -1.84. The van der Waals surface area contributed by atoms with Gasteiger partial charge in [0.2, 0.25) is 0 Å². The molecular weight excluding hydrogens is 362 g/mol. The van der Waals surface area contributed by atoms with Gasteiger partial charge in [0.15, 0.2) is 0 Å². The molecule has 0 aliphatic heterocycles. The van der Waals surface area contributed by atoms with Gasteiger partial charge in [-0.25, -0.2) is 0 Å². The Morgan fingerprint density at radius 3 is 2.41 bits per heavy atom. The first-order valence-corrected chi connectivity index (χ1v) is 7.45. The van der Waals surface area contributed by atoms with E-state index in [1.807, 2.05) is 18.3 Å². The number of halogens is 2. The minimum Gasteiger partial charge on any atom is -0.254 e. The van der Waals surface area contributed by atoms with Crippen molar-refractivity contribution in [3.05, 3.63) is 50.9 Å². The summed E-state index contributed by atoms with van der Waals surface area (Å²) in [7, 11) is 0. The summed E-state index contributed by atoms with van der Waals surface area (Å²) in [4.78, 5) is 5.71. The van der Waals surface area contributed by atoms with Gasteiger partial charge in [-0.3, -0.25) is 4.98 Å². The smallest absolute Gasteiger partial charge is 0.0881 e. The van der Waals surface area contributed by atoms with E-state index in [2.05, 4.69) is 61.1 Å². The topological polar surface area (TPSA) is 12.9 Å². The van der Waals surface area contributed by atoms with Gasteiger partial charge in [-0.1, -0.05) is 24.3 Å². The Kier molecular flexibility index (Phi) is 3.03. The van der Waals surface area contributed by atoms with Gasteiger partial charge in [-0.05, 0) is 49.4 Å². The maximum atomic E-state index is 4.53. The Hall–Kier alpha value is -0.710. The minimum absolute atomic E-state index is 1.03. The number of thiophene rings is 1. The van der Waals surface area contributed by atoms with Gasteiger partial charge in [-0.15, -0.1) is 11.3 Å². The van der Waals surface area contributed by atoms with Gasteiger partial charge < -0.3 is 0 Å². The predicted molar refractivity (Wildman–Crippen MR) is 80.5 cm³/mol. The van der Waals surface area contributed by atoms with Crippen LogP contribution in [0.25, 0.3) is 21.3 Å². The van der Waals surface area contributed by atoms with Crippen LogP contribution in [-0.2, 0) is 0 Å². The molecule has 3 aromatic rings. The van der Waals surface area contributed by atoms with Gasteiger partial charge >= 0.3 is 0 Å². The molecule has 0 spiro atoms. The average Bonchev–Trinajstić information content (AvgIpc) is 2.77. The van der Waals surface area contributed by atoms with E-state index in [0.29, 0.717) is 0 Å². The highest BCUT2D eigenvalue weighted by Gasteiger charge is 2.09. The Morgan fingerprint density at radius 2 is 1.71 bits per heavy atom. The molecule has 0 saturated heterocycles. The highest BCUT2D eigenvalue weighted by atomic mass is 79.9. The van der Waals surface area contributed by atoms with Crippen molar-refractivity contribution in [3.63, 3.8) is 0 Å². The molecule has 0 aliphatic rings. The van der Waals surface area contributed by atoms with Crippen LogP contribution in [0, 0.1) is 0 Å². The van der Waals surface area contributed by atoms with Crippen LogP contribution < -0.4 is 0 Å². The second kappa shape index (κ2) is 4.52. The van der Waals surface area contributed by atoms with E-state index >= 15 is 0 Å². The molecule has 2 aromatic heterocycles. The van der Waals surface area contributed by atoms with Crippen LogP contribution in [-0.4, -0.2) is 4.98 Å². The second-order valence-electron chi connectivity index (χ2n) is 3.60. The molecule has 3 rings (SSSR count). The van der Waals surface area contributed by atoms with Crippen molar-refractivity contribution in [1.82, 2.24) is 4.98 Å². The quantitative estimate of drug-likeness (QED) is 0.553. The highest BCUT2D eigenvalue weighted by Crippen LogP contribution is 2.36. The average molecular weight is 369 g/mol. The SMILES string of the molecule is Brc1ccc(-c2ncc(Br)c3ccccc23)s1. The zero-order valence-corrected chi connectivity index (χ0v) is 12.6. The van der Waals surface area contributed by atoms with Gasteiger partial charge in [-0.2, -0.15) is 0 Å².